The molecule has 1 aliphatic carbocycles. The molecule has 2 N–H and O–H groups in total. The largest absolute Gasteiger partial charge is 0.386 e. The zero-order valence-corrected chi connectivity index (χ0v) is 12.4. The van der Waals surface area contributed by atoms with Gasteiger partial charge < -0.3 is 15.2 Å². The van der Waals surface area contributed by atoms with E-state index in [0.717, 1.165) is 12.3 Å². The van der Waals surface area contributed by atoms with Crippen LogP contribution in [0.2, 0.25) is 0 Å². The molecule has 3 nitrogen and oxygen atoms in total. The molecular weight excluding hydrogens is 250 g/mol. The Balaban J connectivity index is 1.67. The van der Waals surface area contributed by atoms with Crippen LogP contribution in [-0.2, 0) is 4.74 Å². The highest BCUT2D eigenvalue weighted by Gasteiger charge is 2.41. The molecule has 0 bridgehead atoms. The van der Waals surface area contributed by atoms with Gasteiger partial charge in [0.2, 0.25) is 0 Å². The Morgan fingerprint density at radius 2 is 2.05 bits per heavy atom. The molecule has 3 atom stereocenters. The Hall–Kier alpha value is -0.900. The SMILES string of the molecule is Cc1ccc(C(NCC2(O)CCOC2C)C2CC2)cc1. The molecule has 110 valence electrons. The highest BCUT2D eigenvalue weighted by atomic mass is 16.5. The average Bonchev–Trinajstić information content (AvgIpc) is 3.20. The van der Waals surface area contributed by atoms with Crippen molar-refractivity contribution in [2.24, 2.45) is 5.92 Å². The van der Waals surface area contributed by atoms with Crippen molar-refractivity contribution in [3.05, 3.63) is 35.4 Å². The average molecular weight is 275 g/mol. The summed E-state index contributed by atoms with van der Waals surface area (Å²) in [6.07, 6.45) is 3.23. The summed E-state index contributed by atoms with van der Waals surface area (Å²) in [4.78, 5) is 0. The smallest absolute Gasteiger partial charge is 0.105 e. The van der Waals surface area contributed by atoms with E-state index in [2.05, 4.69) is 36.5 Å². The summed E-state index contributed by atoms with van der Waals surface area (Å²) >= 11 is 0. The van der Waals surface area contributed by atoms with Gasteiger partial charge in [0.1, 0.15) is 5.60 Å². The standard InChI is InChI=1S/C17H25NO2/c1-12-3-5-14(6-4-12)16(15-7-8-15)18-11-17(19)9-10-20-13(17)2/h3-6,13,15-16,18-19H,7-11H2,1-2H3. The van der Waals surface area contributed by atoms with Gasteiger partial charge in [-0.15, -0.1) is 0 Å². The second kappa shape index (κ2) is 5.47. The van der Waals surface area contributed by atoms with Gasteiger partial charge in [0.25, 0.3) is 0 Å². The summed E-state index contributed by atoms with van der Waals surface area (Å²) < 4.78 is 5.51. The highest BCUT2D eigenvalue weighted by Crippen LogP contribution is 2.41. The van der Waals surface area contributed by atoms with E-state index in [0.29, 0.717) is 19.2 Å². The van der Waals surface area contributed by atoms with E-state index in [1.165, 1.54) is 24.0 Å². The summed E-state index contributed by atoms with van der Waals surface area (Å²) in [6, 6.07) is 9.13. The second-order valence-corrected chi connectivity index (χ2v) is 6.47. The van der Waals surface area contributed by atoms with Crippen molar-refractivity contribution in [2.45, 2.75) is 50.9 Å². The van der Waals surface area contributed by atoms with Crippen LogP contribution in [0.1, 0.15) is 43.4 Å². The first-order chi connectivity index (χ1) is 9.58. The van der Waals surface area contributed by atoms with Gasteiger partial charge in [-0.1, -0.05) is 29.8 Å². The highest BCUT2D eigenvalue weighted by molar-refractivity contribution is 5.25. The maximum absolute atomic E-state index is 10.6. The van der Waals surface area contributed by atoms with E-state index in [1.54, 1.807) is 0 Å². The normalized spacial score (nSPS) is 31.4. The van der Waals surface area contributed by atoms with Crippen molar-refractivity contribution >= 4 is 0 Å². The quantitative estimate of drug-likeness (QED) is 0.868. The number of aliphatic hydroxyl groups is 1. The van der Waals surface area contributed by atoms with Crippen LogP contribution >= 0.6 is 0 Å². The molecule has 3 heteroatoms. The number of benzene rings is 1. The fourth-order valence-electron chi connectivity index (χ4n) is 3.05. The molecule has 1 heterocycles. The second-order valence-electron chi connectivity index (χ2n) is 6.47. The van der Waals surface area contributed by atoms with Crippen molar-refractivity contribution in [1.29, 1.82) is 0 Å². The monoisotopic (exact) mass is 275 g/mol. The predicted octanol–water partition coefficient (Wildman–Crippen LogP) is 2.58. The van der Waals surface area contributed by atoms with Crippen molar-refractivity contribution in [3.8, 4) is 0 Å². The summed E-state index contributed by atoms with van der Waals surface area (Å²) in [5.74, 6) is 0.721. The number of hydrogen-bond acceptors (Lipinski definition) is 3. The van der Waals surface area contributed by atoms with Crippen molar-refractivity contribution < 1.29 is 9.84 Å². The number of rotatable bonds is 5. The van der Waals surface area contributed by atoms with Gasteiger partial charge in [-0.05, 0) is 38.2 Å². The fraction of sp³-hybridized carbons (Fsp3) is 0.647. The molecule has 0 spiro atoms. The zero-order chi connectivity index (χ0) is 14.2. The van der Waals surface area contributed by atoms with Gasteiger partial charge in [0.05, 0.1) is 6.10 Å². The molecule has 1 saturated carbocycles. The Labute approximate surface area is 121 Å². The fourth-order valence-corrected chi connectivity index (χ4v) is 3.05. The third-order valence-electron chi connectivity index (χ3n) is 4.82. The predicted molar refractivity (Wildman–Crippen MR) is 79.6 cm³/mol. The number of aryl methyl sites for hydroxylation is 1. The zero-order valence-electron chi connectivity index (χ0n) is 12.4. The number of hydrogen-bond donors (Lipinski definition) is 2. The molecule has 1 aromatic rings. The van der Waals surface area contributed by atoms with Crippen LogP contribution in [0, 0.1) is 12.8 Å². The van der Waals surface area contributed by atoms with Crippen molar-refractivity contribution in [1.82, 2.24) is 5.32 Å². The van der Waals surface area contributed by atoms with E-state index in [1.807, 2.05) is 6.92 Å². The van der Waals surface area contributed by atoms with E-state index in [-0.39, 0.29) is 6.10 Å². The van der Waals surface area contributed by atoms with Crippen LogP contribution in [0.25, 0.3) is 0 Å². The molecule has 0 aromatic heterocycles. The van der Waals surface area contributed by atoms with E-state index >= 15 is 0 Å². The lowest BCUT2D eigenvalue weighted by atomic mass is 9.94. The van der Waals surface area contributed by atoms with Gasteiger partial charge in [-0.2, -0.15) is 0 Å². The van der Waals surface area contributed by atoms with Crippen LogP contribution in [0.15, 0.2) is 24.3 Å². The van der Waals surface area contributed by atoms with Crippen LogP contribution < -0.4 is 5.32 Å². The lowest BCUT2D eigenvalue weighted by Crippen LogP contribution is -2.47. The third kappa shape index (κ3) is 2.90. The lowest BCUT2D eigenvalue weighted by Gasteiger charge is -2.29. The Kier molecular flexibility index (Phi) is 3.85. The lowest BCUT2D eigenvalue weighted by molar-refractivity contribution is -0.0281. The first kappa shape index (κ1) is 14.1. The summed E-state index contributed by atoms with van der Waals surface area (Å²) in [5, 5.41) is 14.2. The number of nitrogens with one attached hydrogen (secondary N) is 1. The van der Waals surface area contributed by atoms with Gasteiger partial charge in [0, 0.05) is 25.6 Å². The molecule has 2 aliphatic rings. The molecule has 0 amide bonds. The van der Waals surface area contributed by atoms with Crippen molar-refractivity contribution in [3.63, 3.8) is 0 Å². The molecule has 1 aliphatic heterocycles. The van der Waals surface area contributed by atoms with E-state index in [9.17, 15) is 5.11 Å². The maximum atomic E-state index is 10.6. The van der Waals surface area contributed by atoms with Gasteiger partial charge >= 0.3 is 0 Å². The van der Waals surface area contributed by atoms with Gasteiger partial charge in [0.15, 0.2) is 0 Å². The molecule has 20 heavy (non-hydrogen) atoms. The van der Waals surface area contributed by atoms with Gasteiger partial charge in [-0.25, -0.2) is 0 Å². The van der Waals surface area contributed by atoms with E-state index in [4.69, 9.17) is 4.74 Å². The maximum Gasteiger partial charge on any atom is 0.105 e. The van der Waals surface area contributed by atoms with Crippen LogP contribution in [0.3, 0.4) is 0 Å². The molecule has 3 rings (SSSR count). The topological polar surface area (TPSA) is 41.5 Å². The Bertz CT molecular complexity index is 455. The molecule has 0 radical (unpaired) electrons. The van der Waals surface area contributed by atoms with Crippen molar-refractivity contribution in [2.75, 3.05) is 13.2 Å². The molecule has 2 fully saturated rings. The minimum atomic E-state index is -0.710. The molecule has 1 aromatic carbocycles. The first-order valence-corrected chi connectivity index (χ1v) is 7.72. The molecular formula is C17H25NO2. The van der Waals surface area contributed by atoms with Crippen LogP contribution in [0.5, 0.6) is 0 Å². The van der Waals surface area contributed by atoms with E-state index < -0.39 is 5.60 Å². The minimum absolute atomic E-state index is 0.0760. The molecule has 3 unspecified atom stereocenters. The number of ether oxygens (including phenoxy) is 1. The van der Waals surface area contributed by atoms with Gasteiger partial charge in [-0.3, -0.25) is 0 Å². The minimum Gasteiger partial charge on any atom is -0.386 e. The third-order valence-corrected chi connectivity index (χ3v) is 4.82. The Morgan fingerprint density at radius 3 is 2.60 bits per heavy atom. The van der Waals surface area contributed by atoms with Crippen LogP contribution in [0.4, 0.5) is 0 Å². The summed E-state index contributed by atoms with van der Waals surface area (Å²) in [7, 11) is 0. The first-order valence-electron chi connectivity index (χ1n) is 7.72. The van der Waals surface area contributed by atoms with Crippen LogP contribution in [-0.4, -0.2) is 30.0 Å². The summed E-state index contributed by atoms with van der Waals surface area (Å²) in [6.45, 7) is 5.36. The molecule has 1 saturated heterocycles. The summed E-state index contributed by atoms with van der Waals surface area (Å²) in [5.41, 5.74) is 1.92. The Morgan fingerprint density at radius 1 is 1.35 bits per heavy atom.